The van der Waals surface area contributed by atoms with Crippen molar-refractivity contribution in [2.24, 2.45) is 0 Å². The molecule has 6 heteroatoms. The van der Waals surface area contributed by atoms with E-state index >= 15 is 0 Å². The molecule has 0 saturated heterocycles. The number of aromatic carboxylic acids is 1. The van der Waals surface area contributed by atoms with Crippen molar-refractivity contribution >= 4 is 27.5 Å². The van der Waals surface area contributed by atoms with E-state index in [1.807, 2.05) is 60.7 Å². The van der Waals surface area contributed by atoms with Crippen LogP contribution in [0, 0.1) is 0 Å². The lowest BCUT2D eigenvalue weighted by atomic mass is 10.0. The summed E-state index contributed by atoms with van der Waals surface area (Å²) in [4.78, 5) is 12.1. The van der Waals surface area contributed by atoms with Crippen LogP contribution in [-0.4, -0.2) is 29.4 Å². The number of nitrogens with zero attached hydrogens (tertiary/aromatic N) is 1. The molecule has 0 aliphatic rings. The molecule has 5 aromatic rings. The highest BCUT2D eigenvalue weighted by Gasteiger charge is 2.24. The highest BCUT2D eigenvalue weighted by Crippen LogP contribution is 2.44. The van der Waals surface area contributed by atoms with Gasteiger partial charge in [0, 0.05) is 19.2 Å². The van der Waals surface area contributed by atoms with Crippen molar-refractivity contribution in [3.63, 3.8) is 0 Å². The van der Waals surface area contributed by atoms with Gasteiger partial charge < -0.3 is 19.1 Å². The van der Waals surface area contributed by atoms with Gasteiger partial charge in [-0.2, -0.15) is 0 Å². The van der Waals surface area contributed by atoms with Crippen molar-refractivity contribution in [2.45, 2.75) is 13.2 Å². The lowest BCUT2D eigenvalue weighted by Gasteiger charge is -2.14. The second-order valence-electron chi connectivity index (χ2n) is 8.16. The lowest BCUT2D eigenvalue weighted by molar-refractivity contribution is 0.0702. The molecule has 0 atom stereocenters. The molecule has 2 heterocycles. The Bertz CT molecular complexity index is 1440. The molecule has 0 radical (unpaired) electrons. The third-order valence-electron chi connectivity index (χ3n) is 5.91. The van der Waals surface area contributed by atoms with Crippen molar-refractivity contribution in [1.82, 2.24) is 4.57 Å². The first-order valence-electron chi connectivity index (χ1n) is 11.4. The van der Waals surface area contributed by atoms with E-state index in [-0.39, 0.29) is 0 Å². The number of rotatable bonds is 9. The van der Waals surface area contributed by atoms with E-state index in [0.717, 1.165) is 43.9 Å². The van der Waals surface area contributed by atoms with Gasteiger partial charge in [0.15, 0.2) is 0 Å². The summed E-state index contributed by atoms with van der Waals surface area (Å²) in [7, 11) is 1.67. The number of carbonyl (C=O) groups is 1. The number of carboxylic acid groups (broad SMARTS) is 1. The second-order valence-corrected chi connectivity index (χ2v) is 9.22. The van der Waals surface area contributed by atoms with Crippen LogP contribution in [0.5, 0.6) is 5.75 Å². The van der Waals surface area contributed by atoms with E-state index in [0.29, 0.717) is 24.6 Å². The van der Waals surface area contributed by atoms with Crippen LogP contribution in [0.3, 0.4) is 0 Å². The fourth-order valence-corrected chi connectivity index (χ4v) is 5.33. The Labute approximate surface area is 207 Å². The highest BCUT2D eigenvalue weighted by molar-refractivity contribution is 7.21. The summed E-state index contributed by atoms with van der Waals surface area (Å²) in [6, 6.07) is 30.1. The maximum atomic E-state index is 11.8. The summed E-state index contributed by atoms with van der Waals surface area (Å²) < 4.78 is 14.5. The first-order valence-corrected chi connectivity index (χ1v) is 12.2. The molecule has 3 aromatic carbocycles. The summed E-state index contributed by atoms with van der Waals surface area (Å²) in [5.41, 5.74) is 6.18. The van der Waals surface area contributed by atoms with E-state index in [2.05, 4.69) is 28.8 Å². The van der Waals surface area contributed by atoms with Crippen LogP contribution >= 0.6 is 11.3 Å². The second kappa shape index (κ2) is 10.2. The zero-order valence-corrected chi connectivity index (χ0v) is 20.1. The van der Waals surface area contributed by atoms with Gasteiger partial charge in [-0.15, -0.1) is 11.3 Å². The number of carboxylic acids is 1. The number of thiophene rings is 1. The van der Waals surface area contributed by atoms with Crippen LogP contribution in [0.25, 0.3) is 32.6 Å². The van der Waals surface area contributed by atoms with E-state index in [4.69, 9.17) is 9.47 Å². The summed E-state index contributed by atoms with van der Waals surface area (Å²) in [5, 5.41) is 9.64. The average molecular weight is 484 g/mol. The van der Waals surface area contributed by atoms with Gasteiger partial charge in [-0.25, -0.2) is 4.79 Å². The van der Waals surface area contributed by atoms with Gasteiger partial charge in [-0.3, -0.25) is 0 Å². The topological polar surface area (TPSA) is 60.7 Å². The normalized spacial score (nSPS) is 11.1. The Balaban J connectivity index is 1.60. The number of ether oxygens (including phenoxy) is 2. The van der Waals surface area contributed by atoms with Gasteiger partial charge in [0.25, 0.3) is 0 Å². The first-order chi connectivity index (χ1) is 17.2. The zero-order valence-electron chi connectivity index (χ0n) is 19.3. The standard InChI is InChI=1S/C29H25NO4S/c1-33-17-16-30-24-18-25(29(31)32)35-28(24)26(21-10-6-3-7-11-21)27(30)22-12-14-23(15-13-22)34-19-20-8-4-2-5-9-20/h2-15,18H,16-17,19H2,1H3,(H,31,32). The molecule has 176 valence electrons. The van der Waals surface area contributed by atoms with Crippen molar-refractivity contribution in [2.75, 3.05) is 13.7 Å². The van der Waals surface area contributed by atoms with Crippen molar-refractivity contribution in [3.05, 3.63) is 101 Å². The van der Waals surface area contributed by atoms with Gasteiger partial charge >= 0.3 is 5.97 Å². The maximum absolute atomic E-state index is 11.8. The molecule has 0 spiro atoms. The Morgan fingerprint density at radius 3 is 2.26 bits per heavy atom. The van der Waals surface area contributed by atoms with Crippen LogP contribution in [0.4, 0.5) is 0 Å². The van der Waals surface area contributed by atoms with Gasteiger partial charge in [0.2, 0.25) is 0 Å². The molecule has 5 rings (SSSR count). The largest absolute Gasteiger partial charge is 0.489 e. The zero-order chi connectivity index (χ0) is 24.2. The van der Waals surface area contributed by atoms with E-state index in [1.54, 1.807) is 13.2 Å². The molecule has 0 aliphatic heterocycles. The minimum Gasteiger partial charge on any atom is -0.489 e. The molecule has 2 aromatic heterocycles. The molecule has 0 saturated carbocycles. The van der Waals surface area contributed by atoms with E-state index in [1.165, 1.54) is 11.3 Å². The van der Waals surface area contributed by atoms with Gasteiger partial charge in [0.05, 0.1) is 22.5 Å². The van der Waals surface area contributed by atoms with E-state index in [9.17, 15) is 9.90 Å². The monoisotopic (exact) mass is 483 g/mol. The van der Waals surface area contributed by atoms with Crippen LogP contribution in [0.1, 0.15) is 15.2 Å². The number of hydrogen-bond donors (Lipinski definition) is 1. The van der Waals surface area contributed by atoms with Crippen molar-refractivity contribution in [3.8, 4) is 28.1 Å². The molecule has 0 unspecified atom stereocenters. The SMILES string of the molecule is COCCn1c(-c2ccc(OCc3ccccc3)cc2)c(-c2ccccc2)c2sc(C(=O)O)cc21. The third kappa shape index (κ3) is 4.71. The summed E-state index contributed by atoms with van der Waals surface area (Å²) >= 11 is 1.31. The van der Waals surface area contributed by atoms with Crippen LogP contribution in [0.15, 0.2) is 91.0 Å². The predicted octanol–water partition coefficient (Wildman–Crippen LogP) is 6.96. The Morgan fingerprint density at radius 1 is 0.914 bits per heavy atom. The third-order valence-corrected chi connectivity index (χ3v) is 7.04. The Hall–Kier alpha value is -3.87. The van der Waals surface area contributed by atoms with Crippen molar-refractivity contribution < 1.29 is 19.4 Å². The lowest BCUT2D eigenvalue weighted by Crippen LogP contribution is -2.06. The molecule has 0 fully saturated rings. The summed E-state index contributed by atoms with van der Waals surface area (Å²) in [6.45, 7) is 1.63. The smallest absolute Gasteiger partial charge is 0.345 e. The molecule has 0 bridgehead atoms. The molecule has 0 amide bonds. The van der Waals surface area contributed by atoms with Gasteiger partial charge in [-0.05, 0) is 47.0 Å². The predicted molar refractivity (Wildman–Crippen MR) is 140 cm³/mol. The minimum absolute atomic E-state index is 0.328. The Morgan fingerprint density at radius 2 is 1.60 bits per heavy atom. The quantitative estimate of drug-likeness (QED) is 0.246. The first kappa shape index (κ1) is 22.9. The minimum atomic E-state index is -0.912. The van der Waals surface area contributed by atoms with E-state index < -0.39 is 5.97 Å². The van der Waals surface area contributed by atoms with Crippen LogP contribution < -0.4 is 4.74 Å². The van der Waals surface area contributed by atoms with Gasteiger partial charge in [0.1, 0.15) is 17.2 Å². The number of benzene rings is 3. The fraction of sp³-hybridized carbons (Fsp3) is 0.138. The summed E-state index contributed by atoms with van der Waals surface area (Å²) in [5.74, 6) is -0.117. The average Bonchev–Trinajstić information content (AvgIpc) is 3.45. The fourth-order valence-electron chi connectivity index (χ4n) is 4.27. The van der Waals surface area contributed by atoms with Gasteiger partial charge in [-0.1, -0.05) is 60.7 Å². The molecular weight excluding hydrogens is 458 g/mol. The van der Waals surface area contributed by atoms with Crippen molar-refractivity contribution in [1.29, 1.82) is 0 Å². The molecule has 0 aliphatic carbocycles. The molecule has 35 heavy (non-hydrogen) atoms. The van der Waals surface area contributed by atoms with Crippen LogP contribution in [0.2, 0.25) is 0 Å². The summed E-state index contributed by atoms with van der Waals surface area (Å²) in [6.07, 6.45) is 0. The number of fused-ring (bicyclic) bond motifs is 1. The number of methoxy groups -OCH3 is 1. The maximum Gasteiger partial charge on any atom is 0.345 e. The molecular formula is C29H25NO4S. The number of aromatic nitrogens is 1. The molecule has 5 nitrogen and oxygen atoms in total. The van der Waals surface area contributed by atoms with Crippen LogP contribution in [-0.2, 0) is 17.9 Å². The number of hydrogen-bond acceptors (Lipinski definition) is 4. The molecule has 1 N–H and O–H groups in total. The highest BCUT2D eigenvalue weighted by atomic mass is 32.1. The Kier molecular flexibility index (Phi) is 6.66.